The number of hydrogen-bond acceptors (Lipinski definition) is 4. The van der Waals surface area contributed by atoms with Gasteiger partial charge in [0, 0.05) is 23.9 Å². The van der Waals surface area contributed by atoms with Gasteiger partial charge in [-0.25, -0.2) is 0 Å². The highest BCUT2D eigenvalue weighted by molar-refractivity contribution is 6.04. The number of nitrogens with one attached hydrogen (secondary N) is 1. The van der Waals surface area contributed by atoms with Gasteiger partial charge >= 0.3 is 0 Å². The molecule has 0 aliphatic carbocycles. The van der Waals surface area contributed by atoms with E-state index >= 15 is 0 Å². The lowest BCUT2D eigenvalue weighted by molar-refractivity contribution is 0.102. The van der Waals surface area contributed by atoms with Crippen LogP contribution in [0.15, 0.2) is 72.8 Å². The molecule has 0 bridgehead atoms. The average Bonchev–Trinajstić information content (AvgIpc) is 2.72. The first-order valence-corrected chi connectivity index (χ1v) is 9.08. The van der Waals surface area contributed by atoms with Crippen LogP contribution >= 0.6 is 0 Å². The molecule has 5 nitrogen and oxygen atoms in total. The number of amides is 1. The highest BCUT2D eigenvalue weighted by atomic mass is 16.5. The molecule has 0 fully saturated rings. The van der Waals surface area contributed by atoms with Gasteiger partial charge in [0.2, 0.25) is 0 Å². The maximum absolute atomic E-state index is 12.6. The highest BCUT2D eigenvalue weighted by Crippen LogP contribution is 2.24. The second-order valence-electron chi connectivity index (χ2n) is 6.08. The molecule has 3 aromatic rings. The van der Waals surface area contributed by atoms with E-state index in [0.717, 1.165) is 17.1 Å². The van der Waals surface area contributed by atoms with E-state index in [1.165, 1.54) is 0 Å². The monoisotopic (exact) mass is 377 g/mol. The van der Waals surface area contributed by atoms with Crippen LogP contribution in [0.5, 0.6) is 17.2 Å². The minimum absolute atomic E-state index is 0.197. The third-order valence-electron chi connectivity index (χ3n) is 4.01. The van der Waals surface area contributed by atoms with Crippen molar-refractivity contribution >= 4 is 11.6 Å². The molecule has 0 aliphatic heterocycles. The molecule has 0 saturated heterocycles. The molecule has 0 aliphatic rings. The molecular formula is C23H23NO4. The smallest absolute Gasteiger partial charge is 0.255 e. The molecule has 0 aromatic heterocycles. The SMILES string of the molecule is CCOc1ccc(C(=O)Nc2ccc(Oc3ccccc3)cc2)cc1COC. The number of hydrogen-bond donors (Lipinski definition) is 1. The molecule has 144 valence electrons. The van der Waals surface area contributed by atoms with Crippen LogP contribution in [0, 0.1) is 0 Å². The number of methoxy groups -OCH3 is 1. The third kappa shape index (κ3) is 5.11. The van der Waals surface area contributed by atoms with Gasteiger partial charge in [-0.1, -0.05) is 18.2 Å². The predicted octanol–water partition coefficient (Wildman–Crippen LogP) is 5.28. The Bertz CT molecular complexity index is 908. The molecule has 5 heteroatoms. The van der Waals surface area contributed by atoms with Gasteiger partial charge < -0.3 is 19.5 Å². The first-order valence-electron chi connectivity index (χ1n) is 9.08. The lowest BCUT2D eigenvalue weighted by atomic mass is 10.1. The summed E-state index contributed by atoms with van der Waals surface area (Å²) in [5.41, 5.74) is 2.07. The van der Waals surface area contributed by atoms with Crippen LogP contribution in [0.3, 0.4) is 0 Å². The Balaban J connectivity index is 1.68. The first-order chi connectivity index (χ1) is 13.7. The summed E-state index contributed by atoms with van der Waals surface area (Å²) in [6, 6.07) is 22.1. The van der Waals surface area contributed by atoms with Crippen LogP contribution in [0.2, 0.25) is 0 Å². The summed E-state index contributed by atoms with van der Waals surface area (Å²) in [4.78, 5) is 12.6. The summed E-state index contributed by atoms with van der Waals surface area (Å²) in [5.74, 6) is 1.99. The maximum atomic E-state index is 12.6. The Hall–Kier alpha value is -3.31. The molecule has 0 saturated carbocycles. The van der Waals surface area contributed by atoms with Gasteiger partial charge in [0.25, 0.3) is 5.91 Å². The van der Waals surface area contributed by atoms with E-state index in [2.05, 4.69) is 5.32 Å². The van der Waals surface area contributed by atoms with Gasteiger partial charge in [0.15, 0.2) is 0 Å². The Kier molecular flexibility index (Phi) is 6.65. The van der Waals surface area contributed by atoms with E-state index in [-0.39, 0.29) is 5.91 Å². The molecular weight excluding hydrogens is 354 g/mol. The number of rotatable bonds is 8. The summed E-state index contributed by atoms with van der Waals surface area (Å²) in [5, 5.41) is 2.89. The maximum Gasteiger partial charge on any atom is 0.255 e. The molecule has 3 rings (SSSR count). The van der Waals surface area contributed by atoms with Crippen molar-refractivity contribution in [3.63, 3.8) is 0 Å². The molecule has 0 spiro atoms. The Morgan fingerprint density at radius 1 is 0.929 bits per heavy atom. The minimum Gasteiger partial charge on any atom is -0.494 e. The van der Waals surface area contributed by atoms with Crippen molar-refractivity contribution in [2.75, 3.05) is 19.0 Å². The highest BCUT2D eigenvalue weighted by Gasteiger charge is 2.11. The largest absolute Gasteiger partial charge is 0.494 e. The van der Waals surface area contributed by atoms with Crippen molar-refractivity contribution in [2.24, 2.45) is 0 Å². The second-order valence-corrected chi connectivity index (χ2v) is 6.08. The van der Waals surface area contributed by atoms with E-state index in [1.807, 2.05) is 49.4 Å². The zero-order valence-electron chi connectivity index (χ0n) is 16.0. The number of para-hydroxylation sites is 1. The number of ether oxygens (including phenoxy) is 3. The van der Waals surface area contributed by atoms with Crippen LogP contribution in [0.1, 0.15) is 22.8 Å². The Labute approximate surface area is 164 Å². The van der Waals surface area contributed by atoms with Crippen LogP contribution < -0.4 is 14.8 Å². The lowest BCUT2D eigenvalue weighted by Crippen LogP contribution is -2.12. The van der Waals surface area contributed by atoms with Crippen molar-refractivity contribution in [3.8, 4) is 17.2 Å². The fourth-order valence-electron chi connectivity index (χ4n) is 2.72. The van der Waals surface area contributed by atoms with Gasteiger partial charge in [-0.3, -0.25) is 4.79 Å². The summed E-state index contributed by atoms with van der Waals surface area (Å²) in [7, 11) is 1.61. The van der Waals surface area contributed by atoms with Gasteiger partial charge in [-0.05, 0) is 61.5 Å². The van der Waals surface area contributed by atoms with Crippen molar-refractivity contribution in [1.29, 1.82) is 0 Å². The molecule has 1 N–H and O–H groups in total. The Morgan fingerprint density at radius 3 is 2.32 bits per heavy atom. The van der Waals surface area contributed by atoms with Gasteiger partial charge in [-0.2, -0.15) is 0 Å². The summed E-state index contributed by atoms with van der Waals surface area (Å²) >= 11 is 0. The zero-order valence-corrected chi connectivity index (χ0v) is 16.0. The number of carbonyl (C=O) groups excluding carboxylic acids is 1. The summed E-state index contributed by atoms with van der Waals surface area (Å²) < 4.78 is 16.5. The quantitative estimate of drug-likeness (QED) is 0.580. The molecule has 0 heterocycles. The van der Waals surface area contributed by atoms with Crippen molar-refractivity contribution < 1.29 is 19.0 Å². The van der Waals surface area contributed by atoms with E-state index in [1.54, 1.807) is 37.4 Å². The van der Waals surface area contributed by atoms with Crippen molar-refractivity contribution in [2.45, 2.75) is 13.5 Å². The van der Waals surface area contributed by atoms with E-state index < -0.39 is 0 Å². The third-order valence-corrected chi connectivity index (χ3v) is 4.01. The number of carbonyl (C=O) groups is 1. The lowest BCUT2D eigenvalue weighted by Gasteiger charge is -2.12. The number of benzene rings is 3. The van der Waals surface area contributed by atoms with E-state index in [0.29, 0.717) is 30.2 Å². The fourth-order valence-corrected chi connectivity index (χ4v) is 2.72. The second kappa shape index (κ2) is 9.58. The molecule has 0 atom stereocenters. The topological polar surface area (TPSA) is 56.8 Å². The van der Waals surface area contributed by atoms with Crippen molar-refractivity contribution in [3.05, 3.63) is 83.9 Å². The number of anilines is 1. The minimum atomic E-state index is -0.197. The van der Waals surface area contributed by atoms with Crippen LogP contribution in [-0.2, 0) is 11.3 Å². The van der Waals surface area contributed by atoms with Crippen LogP contribution in [0.25, 0.3) is 0 Å². The Morgan fingerprint density at radius 2 is 1.64 bits per heavy atom. The molecule has 1 amide bonds. The summed E-state index contributed by atoms with van der Waals surface area (Å²) in [6.45, 7) is 2.85. The van der Waals surface area contributed by atoms with Gasteiger partial charge in [0.1, 0.15) is 17.2 Å². The molecule has 3 aromatic carbocycles. The molecule has 0 unspecified atom stereocenters. The fraction of sp³-hybridized carbons (Fsp3) is 0.174. The van der Waals surface area contributed by atoms with Gasteiger partial charge in [-0.15, -0.1) is 0 Å². The first kappa shape index (κ1) is 19.5. The predicted molar refractivity (Wildman–Crippen MR) is 109 cm³/mol. The molecule has 28 heavy (non-hydrogen) atoms. The van der Waals surface area contributed by atoms with Crippen LogP contribution in [0.4, 0.5) is 5.69 Å². The average molecular weight is 377 g/mol. The van der Waals surface area contributed by atoms with Gasteiger partial charge in [0.05, 0.1) is 13.2 Å². The standard InChI is InChI=1S/C23H23NO4/c1-3-27-22-14-9-17(15-18(22)16-26-2)23(25)24-19-10-12-21(13-11-19)28-20-7-5-4-6-8-20/h4-15H,3,16H2,1-2H3,(H,24,25). The van der Waals surface area contributed by atoms with Crippen molar-refractivity contribution in [1.82, 2.24) is 0 Å². The normalized spacial score (nSPS) is 10.4. The zero-order chi connectivity index (χ0) is 19.8. The van der Waals surface area contributed by atoms with Crippen LogP contribution in [-0.4, -0.2) is 19.6 Å². The van der Waals surface area contributed by atoms with E-state index in [4.69, 9.17) is 14.2 Å². The summed E-state index contributed by atoms with van der Waals surface area (Å²) in [6.07, 6.45) is 0. The van der Waals surface area contributed by atoms with E-state index in [9.17, 15) is 4.79 Å². The molecule has 0 radical (unpaired) electrons.